The van der Waals surface area contributed by atoms with E-state index in [9.17, 15) is 0 Å². The van der Waals surface area contributed by atoms with Crippen LogP contribution in [0.3, 0.4) is 0 Å². The predicted molar refractivity (Wildman–Crippen MR) is 129 cm³/mol. The predicted octanol–water partition coefficient (Wildman–Crippen LogP) is 6.38. The van der Waals surface area contributed by atoms with Crippen molar-refractivity contribution in [3.8, 4) is 0 Å². The van der Waals surface area contributed by atoms with E-state index in [-0.39, 0.29) is 0 Å². The average molecular weight is 413 g/mol. The Kier molecular flexibility index (Phi) is 7.18. The summed E-state index contributed by atoms with van der Waals surface area (Å²) in [4.78, 5) is 2.47. The first-order chi connectivity index (χ1) is 15.2. The molecule has 0 atom stereocenters. The van der Waals surface area contributed by atoms with Gasteiger partial charge in [0.15, 0.2) is 0 Å². The Morgan fingerprint density at radius 2 is 1.32 bits per heavy atom. The maximum atomic E-state index is 6.38. The zero-order chi connectivity index (χ0) is 21.5. The maximum Gasteiger partial charge on any atom is 0.134 e. The summed E-state index contributed by atoms with van der Waals surface area (Å²) in [6, 6.07) is 29.8. The molecule has 3 heteroatoms. The highest BCUT2D eigenvalue weighted by Gasteiger charge is 2.18. The van der Waals surface area contributed by atoms with Crippen molar-refractivity contribution in [1.82, 2.24) is 10.2 Å². The lowest BCUT2D eigenvalue weighted by atomic mass is 10.1. The van der Waals surface area contributed by atoms with Crippen molar-refractivity contribution in [2.75, 3.05) is 6.54 Å². The van der Waals surface area contributed by atoms with Crippen molar-refractivity contribution in [3.05, 3.63) is 107 Å². The molecular weight excluding hydrogens is 380 g/mol. The van der Waals surface area contributed by atoms with E-state index in [0.29, 0.717) is 5.92 Å². The molecule has 0 fully saturated rings. The normalized spacial score (nSPS) is 11.6. The van der Waals surface area contributed by atoms with E-state index in [1.165, 1.54) is 22.1 Å². The van der Waals surface area contributed by atoms with Gasteiger partial charge < -0.3 is 9.73 Å². The van der Waals surface area contributed by atoms with E-state index in [1.54, 1.807) is 0 Å². The molecule has 160 valence electrons. The van der Waals surface area contributed by atoms with E-state index in [4.69, 9.17) is 4.42 Å². The molecule has 3 aromatic carbocycles. The van der Waals surface area contributed by atoms with Crippen LogP contribution in [0.2, 0.25) is 0 Å². The lowest BCUT2D eigenvalue weighted by Crippen LogP contribution is -2.24. The maximum absolute atomic E-state index is 6.38. The zero-order valence-electron chi connectivity index (χ0n) is 18.6. The molecule has 4 aromatic rings. The third kappa shape index (κ3) is 5.84. The molecule has 0 radical (unpaired) electrons. The summed E-state index contributed by atoms with van der Waals surface area (Å²) in [5.41, 5.74) is 4.88. The lowest BCUT2D eigenvalue weighted by Gasteiger charge is -2.22. The van der Waals surface area contributed by atoms with Gasteiger partial charge in [-0.25, -0.2) is 0 Å². The van der Waals surface area contributed by atoms with Crippen molar-refractivity contribution in [3.63, 3.8) is 0 Å². The Balaban J connectivity index is 1.61. The summed E-state index contributed by atoms with van der Waals surface area (Å²) in [5.74, 6) is 1.68. The van der Waals surface area contributed by atoms with Gasteiger partial charge in [0.25, 0.3) is 0 Å². The van der Waals surface area contributed by atoms with Crippen LogP contribution in [0.15, 0.2) is 89.3 Å². The minimum Gasteiger partial charge on any atom is -0.459 e. The molecule has 31 heavy (non-hydrogen) atoms. The summed E-state index contributed by atoms with van der Waals surface area (Å²) in [5, 5.41) is 4.83. The topological polar surface area (TPSA) is 28.4 Å². The Hall–Kier alpha value is -2.88. The number of furan rings is 1. The van der Waals surface area contributed by atoms with Crippen LogP contribution in [0.4, 0.5) is 0 Å². The number of para-hydroxylation sites is 1. The molecule has 1 N–H and O–H groups in total. The number of hydrogen-bond donors (Lipinski definition) is 1. The van der Waals surface area contributed by atoms with E-state index in [0.717, 1.165) is 44.1 Å². The number of fused-ring (bicyclic) bond motifs is 1. The second-order valence-electron chi connectivity index (χ2n) is 8.64. The first-order valence-electron chi connectivity index (χ1n) is 11.2. The molecule has 0 saturated carbocycles. The summed E-state index contributed by atoms with van der Waals surface area (Å²) in [6.07, 6.45) is 0. The number of nitrogens with one attached hydrogen (secondary N) is 1. The highest BCUT2D eigenvalue weighted by Crippen LogP contribution is 2.28. The molecule has 0 aliphatic carbocycles. The molecule has 0 spiro atoms. The Morgan fingerprint density at radius 3 is 1.94 bits per heavy atom. The number of benzene rings is 3. The van der Waals surface area contributed by atoms with Crippen molar-refractivity contribution < 1.29 is 4.42 Å². The van der Waals surface area contributed by atoms with Crippen LogP contribution in [-0.2, 0) is 26.2 Å². The standard InChI is InChI=1S/C28H32N2O/c1-22(2)17-29-18-26-25-15-9-10-16-27(25)31-28(26)21-30(19-23-11-5-3-6-12-23)20-24-13-7-4-8-14-24/h3-16,22,29H,17-21H2,1-2H3. The van der Waals surface area contributed by atoms with E-state index >= 15 is 0 Å². The molecule has 3 nitrogen and oxygen atoms in total. The van der Waals surface area contributed by atoms with Gasteiger partial charge in [-0.1, -0.05) is 92.7 Å². The van der Waals surface area contributed by atoms with Crippen molar-refractivity contribution >= 4 is 11.0 Å². The highest BCUT2D eigenvalue weighted by molar-refractivity contribution is 5.82. The first kappa shape index (κ1) is 21.4. The smallest absolute Gasteiger partial charge is 0.134 e. The van der Waals surface area contributed by atoms with Gasteiger partial charge in [-0.2, -0.15) is 0 Å². The molecule has 0 aliphatic heterocycles. The van der Waals surface area contributed by atoms with Gasteiger partial charge in [0.1, 0.15) is 11.3 Å². The van der Waals surface area contributed by atoms with Gasteiger partial charge in [-0.05, 0) is 29.7 Å². The van der Waals surface area contributed by atoms with Crippen LogP contribution in [0.1, 0.15) is 36.3 Å². The molecule has 1 heterocycles. The zero-order valence-corrected chi connectivity index (χ0v) is 18.6. The Labute approximate surface area is 185 Å². The molecule has 0 amide bonds. The molecule has 0 bridgehead atoms. The van der Waals surface area contributed by atoms with Crippen molar-refractivity contribution in [1.29, 1.82) is 0 Å². The lowest BCUT2D eigenvalue weighted by molar-refractivity contribution is 0.228. The van der Waals surface area contributed by atoms with Gasteiger partial charge >= 0.3 is 0 Å². The summed E-state index contributed by atoms with van der Waals surface area (Å²) in [6.45, 7) is 8.84. The van der Waals surface area contributed by atoms with E-state index in [1.807, 2.05) is 6.07 Å². The summed E-state index contributed by atoms with van der Waals surface area (Å²) >= 11 is 0. The van der Waals surface area contributed by atoms with Gasteiger partial charge in [0, 0.05) is 30.6 Å². The monoisotopic (exact) mass is 412 g/mol. The largest absolute Gasteiger partial charge is 0.459 e. The van der Waals surface area contributed by atoms with Crippen LogP contribution in [0, 0.1) is 5.92 Å². The van der Waals surface area contributed by atoms with Crippen LogP contribution < -0.4 is 5.32 Å². The quantitative estimate of drug-likeness (QED) is 0.327. The molecule has 4 rings (SSSR count). The van der Waals surface area contributed by atoms with Crippen molar-refractivity contribution in [2.24, 2.45) is 5.92 Å². The molecular formula is C28H32N2O. The van der Waals surface area contributed by atoms with Crippen LogP contribution in [0.25, 0.3) is 11.0 Å². The third-order valence-electron chi connectivity index (χ3n) is 5.50. The average Bonchev–Trinajstić information content (AvgIpc) is 3.12. The van der Waals surface area contributed by atoms with E-state index < -0.39 is 0 Å². The Morgan fingerprint density at radius 1 is 0.742 bits per heavy atom. The van der Waals surface area contributed by atoms with Crippen LogP contribution in [0.5, 0.6) is 0 Å². The van der Waals surface area contributed by atoms with Gasteiger partial charge in [-0.3, -0.25) is 4.90 Å². The fourth-order valence-electron chi connectivity index (χ4n) is 4.01. The van der Waals surface area contributed by atoms with Crippen LogP contribution >= 0.6 is 0 Å². The molecule has 0 aliphatic rings. The van der Waals surface area contributed by atoms with Gasteiger partial charge in [0.2, 0.25) is 0 Å². The molecule has 0 unspecified atom stereocenters. The highest BCUT2D eigenvalue weighted by atomic mass is 16.3. The Bertz CT molecular complexity index is 1030. The first-order valence-corrected chi connectivity index (χ1v) is 11.2. The minimum absolute atomic E-state index is 0.620. The van der Waals surface area contributed by atoms with Crippen LogP contribution in [-0.4, -0.2) is 11.4 Å². The fourth-order valence-corrected chi connectivity index (χ4v) is 4.01. The second-order valence-corrected chi connectivity index (χ2v) is 8.64. The summed E-state index contributed by atoms with van der Waals surface area (Å²) < 4.78 is 6.38. The fraction of sp³-hybridized carbons (Fsp3) is 0.286. The SMILES string of the molecule is CC(C)CNCc1c(CN(Cc2ccccc2)Cc2ccccc2)oc2ccccc12. The summed E-state index contributed by atoms with van der Waals surface area (Å²) in [7, 11) is 0. The molecule has 1 aromatic heterocycles. The minimum atomic E-state index is 0.620. The second kappa shape index (κ2) is 10.4. The van der Waals surface area contributed by atoms with E-state index in [2.05, 4.69) is 103 Å². The number of rotatable bonds is 10. The van der Waals surface area contributed by atoms with Crippen molar-refractivity contribution in [2.45, 2.75) is 40.0 Å². The molecule has 0 saturated heterocycles. The number of nitrogens with zero attached hydrogens (tertiary/aromatic N) is 1. The third-order valence-corrected chi connectivity index (χ3v) is 5.50. The van der Waals surface area contributed by atoms with Gasteiger partial charge in [0.05, 0.1) is 6.54 Å². The number of hydrogen-bond acceptors (Lipinski definition) is 3. The van der Waals surface area contributed by atoms with Gasteiger partial charge in [-0.15, -0.1) is 0 Å².